The van der Waals surface area contributed by atoms with Crippen molar-refractivity contribution in [3.05, 3.63) is 71.8 Å². The molecule has 20 heavy (non-hydrogen) atoms. The van der Waals surface area contributed by atoms with Gasteiger partial charge in [-0.05, 0) is 23.3 Å². The molecule has 0 N–H and O–H groups in total. The number of nitrogens with zero attached hydrogens (tertiary/aromatic N) is 1. The Labute approximate surface area is 119 Å². The highest BCUT2D eigenvalue weighted by Crippen LogP contribution is 2.12. The van der Waals surface area contributed by atoms with Gasteiger partial charge >= 0.3 is 0 Å². The monoisotopic (exact) mass is 266 g/mol. The van der Waals surface area contributed by atoms with Crippen LogP contribution in [0.3, 0.4) is 0 Å². The Bertz CT molecular complexity index is 605. The molecule has 0 fully saturated rings. The summed E-state index contributed by atoms with van der Waals surface area (Å²) >= 11 is 0. The Morgan fingerprint density at radius 1 is 1.20 bits per heavy atom. The van der Waals surface area contributed by atoms with E-state index in [1.165, 1.54) is 0 Å². The van der Waals surface area contributed by atoms with E-state index in [-0.39, 0.29) is 0 Å². The standard InChI is InChI=1S/C17H16NO2/c1-3-15-8-4-5-9-16(15)13-20-18-12-14-7-6-10-17(11-14)19-2/h3-11H,1,13H2,2H3. The van der Waals surface area contributed by atoms with Gasteiger partial charge in [0.15, 0.2) is 0 Å². The van der Waals surface area contributed by atoms with Gasteiger partial charge in [0.05, 0.1) is 7.11 Å². The normalized spacial score (nSPS) is 10.4. The van der Waals surface area contributed by atoms with Gasteiger partial charge in [0.25, 0.3) is 0 Å². The van der Waals surface area contributed by atoms with Crippen LogP contribution in [-0.2, 0) is 11.4 Å². The van der Waals surface area contributed by atoms with Crippen LogP contribution in [0, 0.1) is 0 Å². The number of hydrogen-bond donors (Lipinski definition) is 0. The van der Waals surface area contributed by atoms with Crippen LogP contribution in [0.4, 0.5) is 0 Å². The predicted octanol–water partition coefficient (Wildman–Crippen LogP) is 3.77. The minimum atomic E-state index is 0.388. The molecule has 2 aromatic carbocycles. The lowest BCUT2D eigenvalue weighted by Gasteiger charge is -2.03. The first-order chi connectivity index (χ1) is 9.83. The zero-order valence-electron chi connectivity index (χ0n) is 11.4. The first-order valence-corrected chi connectivity index (χ1v) is 6.26. The van der Waals surface area contributed by atoms with Crippen molar-refractivity contribution in [3.63, 3.8) is 0 Å². The number of rotatable bonds is 6. The fourth-order valence-electron chi connectivity index (χ4n) is 1.74. The average Bonchev–Trinajstić information content (AvgIpc) is 2.52. The van der Waals surface area contributed by atoms with Crippen molar-refractivity contribution in [2.75, 3.05) is 7.11 Å². The average molecular weight is 266 g/mol. The molecule has 0 heterocycles. The van der Waals surface area contributed by atoms with E-state index >= 15 is 0 Å². The summed E-state index contributed by atoms with van der Waals surface area (Å²) in [6.45, 7) is 4.16. The molecule has 3 heteroatoms. The van der Waals surface area contributed by atoms with Gasteiger partial charge < -0.3 is 9.57 Å². The van der Waals surface area contributed by atoms with Crippen LogP contribution >= 0.6 is 0 Å². The lowest BCUT2D eigenvalue weighted by atomic mass is 10.1. The fourth-order valence-corrected chi connectivity index (χ4v) is 1.74. The second kappa shape index (κ2) is 7.14. The topological polar surface area (TPSA) is 30.8 Å². The van der Waals surface area contributed by atoms with E-state index in [0.29, 0.717) is 6.61 Å². The maximum Gasteiger partial charge on any atom is 0.142 e. The summed E-state index contributed by atoms with van der Waals surface area (Å²) in [5, 5.41) is 3.85. The quantitative estimate of drug-likeness (QED) is 0.588. The molecule has 3 nitrogen and oxygen atoms in total. The molecule has 0 aliphatic rings. The van der Waals surface area contributed by atoms with E-state index in [4.69, 9.17) is 9.57 Å². The van der Waals surface area contributed by atoms with Crippen molar-refractivity contribution in [2.45, 2.75) is 6.61 Å². The molecule has 0 saturated heterocycles. The van der Waals surface area contributed by atoms with Gasteiger partial charge in [-0.3, -0.25) is 0 Å². The summed E-state index contributed by atoms with van der Waals surface area (Å²) in [5.74, 6) is 0.766. The number of ether oxygens (including phenoxy) is 1. The summed E-state index contributed by atoms with van der Waals surface area (Å²) in [6, 6.07) is 15.4. The largest absolute Gasteiger partial charge is 0.497 e. The zero-order valence-corrected chi connectivity index (χ0v) is 11.4. The molecule has 0 spiro atoms. The summed E-state index contributed by atoms with van der Waals surface area (Å²) in [4.78, 5) is 5.26. The van der Waals surface area contributed by atoms with Gasteiger partial charge in [0, 0.05) is 5.56 Å². The van der Waals surface area contributed by atoms with E-state index in [9.17, 15) is 0 Å². The molecule has 0 amide bonds. The third kappa shape index (κ3) is 3.72. The smallest absolute Gasteiger partial charge is 0.142 e. The van der Waals surface area contributed by atoms with Crippen LogP contribution in [0.25, 0.3) is 6.08 Å². The Hall–Kier alpha value is -2.55. The van der Waals surface area contributed by atoms with Crippen molar-refractivity contribution in [1.29, 1.82) is 0 Å². The molecule has 0 saturated carbocycles. The summed E-state index contributed by atoms with van der Waals surface area (Å²) in [6.07, 6.45) is 4.62. The molecule has 0 aliphatic heterocycles. The number of benzene rings is 2. The maximum absolute atomic E-state index is 5.26. The Morgan fingerprint density at radius 2 is 2.05 bits per heavy atom. The van der Waals surface area contributed by atoms with Crippen molar-refractivity contribution in [1.82, 2.24) is 0 Å². The van der Waals surface area contributed by atoms with Gasteiger partial charge in [0.1, 0.15) is 18.6 Å². The third-order valence-electron chi connectivity index (χ3n) is 2.80. The Morgan fingerprint density at radius 3 is 2.85 bits per heavy atom. The first kappa shape index (κ1) is 13.9. The minimum Gasteiger partial charge on any atom is -0.497 e. The van der Waals surface area contributed by atoms with E-state index < -0.39 is 0 Å². The molecule has 0 atom stereocenters. The van der Waals surface area contributed by atoms with Gasteiger partial charge in [-0.25, -0.2) is 0 Å². The van der Waals surface area contributed by atoms with Gasteiger partial charge in [-0.15, -0.1) is 0 Å². The van der Waals surface area contributed by atoms with E-state index in [1.807, 2.05) is 48.5 Å². The van der Waals surface area contributed by atoms with Crippen LogP contribution in [0.1, 0.15) is 16.7 Å². The highest BCUT2D eigenvalue weighted by molar-refractivity contribution is 5.79. The number of methoxy groups -OCH3 is 1. The van der Waals surface area contributed by atoms with E-state index in [0.717, 1.165) is 22.4 Å². The van der Waals surface area contributed by atoms with E-state index in [1.54, 1.807) is 13.2 Å². The van der Waals surface area contributed by atoms with Crippen molar-refractivity contribution in [3.8, 4) is 5.75 Å². The molecule has 1 radical (unpaired) electrons. The molecular weight excluding hydrogens is 250 g/mol. The summed E-state index contributed by atoms with van der Waals surface area (Å²) in [7, 11) is 1.62. The second-order valence-corrected chi connectivity index (χ2v) is 4.11. The van der Waals surface area contributed by atoms with Crippen LogP contribution in [-0.4, -0.2) is 13.3 Å². The van der Waals surface area contributed by atoms with E-state index in [2.05, 4.69) is 17.9 Å². The van der Waals surface area contributed by atoms with Crippen LogP contribution in [0.5, 0.6) is 5.75 Å². The third-order valence-corrected chi connectivity index (χ3v) is 2.80. The molecule has 0 bridgehead atoms. The molecule has 101 valence electrons. The second-order valence-electron chi connectivity index (χ2n) is 4.11. The zero-order chi connectivity index (χ0) is 14.2. The lowest BCUT2D eigenvalue weighted by Crippen LogP contribution is -1.91. The lowest BCUT2D eigenvalue weighted by molar-refractivity contribution is 0.132. The summed E-state index contributed by atoms with van der Waals surface area (Å²) in [5.41, 5.74) is 2.89. The van der Waals surface area contributed by atoms with Crippen molar-refractivity contribution >= 4 is 12.3 Å². The molecule has 0 aromatic heterocycles. The van der Waals surface area contributed by atoms with Gasteiger partial charge in [0.2, 0.25) is 0 Å². The molecule has 0 unspecified atom stereocenters. The molecular formula is C17H16NO2. The van der Waals surface area contributed by atoms with Gasteiger partial charge in [-0.2, -0.15) is 0 Å². The maximum atomic E-state index is 5.26. The predicted molar refractivity (Wildman–Crippen MR) is 80.9 cm³/mol. The van der Waals surface area contributed by atoms with Crippen molar-refractivity contribution < 1.29 is 9.57 Å². The highest BCUT2D eigenvalue weighted by Gasteiger charge is 1.98. The van der Waals surface area contributed by atoms with Crippen LogP contribution in [0.2, 0.25) is 0 Å². The van der Waals surface area contributed by atoms with Crippen molar-refractivity contribution in [2.24, 2.45) is 5.16 Å². The van der Waals surface area contributed by atoms with Gasteiger partial charge in [-0.1, -0.05) is 54.2 Å². The van der Waals surface area contributed by atoms with Crippen LogP contribution < -0.4 is 4.74 Å². The fraction of sp³-hybridized carbons (Fsp3) is 0.118. The van der Waals surface area contributed by atoms with Crippen LogP contribution in [0.15, 0.2) is 60.3 Å². The molecule has 0 aliphatic carbocycles. The Kier molecular flexibility index (Phi) is 4.95. The molecule has 2 aromatic rings. The molecule has 2 rings (SSSR count). The number of hydrogen-bond acceptors (Lipinski definition) is 3. The first-order valence-electron chi connectivity index (χ1n) is 6.26. The minimum absolute atomic E-state index is 0.388. The summed E-state index contributed by atoms with van der Waals surface area (Å²) < 4.78 is 5.13. The SMILES string of the molecule is C=Cc1ccccc1CO/N=[C]\c1cccc(OC)c1. The highest BCUT2D eigenvalue weighted by atomic mass is 16.6. The Balaban J connectivity index is 1.95.